The number of nitrogens with one attached hydrogen (secondary N) is 1. The van der Waals surface area contributed by atoms with Crippen LogP contribution in [0, 0.1) is 0 Å². The molecular formula is C25H26ClF6N5O2. The Bertz CT molecular complexity index is 1260. The summed E-state index contributed by atoms with van der Waals surface area (Å²) in [6.45, 7) is -0.807. The molecule has 2 aliphatic heterocycles. The number of tetrazole rings is 1. The van der Waals surface area contributed by atoms with Gasteiger partial charge in [0, 0.05) is 12.0 Å². The zero-order valence-corrected chi connectivity index (χ0v) is 21.4. The summed E-state index contributed by atoms with van der Waals surface area (Å²) in [6, 6.07) is 10.5. The minimum atomic E-state index is -5.01. The van der Waals surface area contributed by atoms with Crippen molar-refractivity contribution in [2.24, 2.45) is 7.05 Å². The lowest BCUT2D eigenvalue weighted by atomic mass is 9.79. The van der Waals surface area contributed by atoms with E-state index in [0.29, 0.717) is 37.2 Å². The summed E-state index contributed by atoms with van der Waals surface area (Å²) in [5.74, 6) is 0.394. The molecule has 0 amide bonds. The van der Waals surface area contributed by atoms with E-state index in [1.807, 2.05) is 30.3 Å². The van der Waals surface area contributed by atoms with Crippen molar-refractivity contribution in [3.05, 3.63) is 76.6 Å². The van der Waals surface area contributed by atoms with Crippen molar-refractivity contribution >= 4 is 12.4 Å². The Morgan fingerprint density at radius 1 is 1.05 bits per heavy atom. The average Bonchev–Trinajstić information content (AvgIpc) is 3.44. The van der Waals surface area contributed by atoms with Gasteiger partial charge in [-0.3, -0.25) is 0 Å². The molecule has 3 heterocycles. The molecule has 7 nitrogen and oxygen atoms in total. The van der Waals surface area contributed by atoms with Crippen LogP contribution >= 0.6 is 12.4 Å². The predicted molar refractivity (Wildman–Crippen MR) is 129 cm³/mol. The predicted octanol–water partition coefficient (Wildman–Crippen LogP) is 4.92. The third-order valence-corrected chi connectivity index (χ3v) is 7.38. The second-order valence-corrected chi connectivity index (χ2v) is 9.75. The summed E-state index contributed by atoms with van der Waals surface area (Å²) >= 11 is 0. The normalized spacial score (nSPS) is 25.8. The first-order valence-corrected chi connectivity index (χ1v) is 12.0. The minimum absolute atomic E-state index is 0. The van der Waals surface area contributed by atoms with Gasteiger partial charge in [0.2, 0.25) is 0 Å². The highest BCUT2D eigenvalue weighted by atomic mass is 35.5. The molecule has 2 fully saturated rings. The average molecular weight is 578 g/mol. The Balaban J connectivity index is 0.00000353. The maximum Gasteiger partial charge on any atom is 0.416 e. The second-order valence-electron chi connectivity index (χ2n) is 9.75. The third-order valence-electron chi connectivity index (χ3n) is 7.38. The number of nitrogens with zero attached hydrogens (tertiary/aromatic N) is 4. The summed E-state index contributed by atoms with van der Waals surface area (Å²) in [7, 11) is 1.65. The Hall–Kier alpha value is -2.74. The Morgan fingerprint density at radius 3 is 2.23 bits per heavy atom. The monoisotopic (exact) mass is 577 g/mol. The van der Waals surface area contributed by atoms with Crippen LogP contribution < -0.4 is 5.32 Å². The van der Waals surface area contributed by atoms with Crippen LogP contribution in [0.15, 0.2) is 48.5 Å². The number of benzene rings is 2. The summed E-state index contributed by atoms with van der Waals surface area (Å²) in [5.41, 5.74) is -3.31. The molecular weight excluding hydrogens is 552 g/mol. The van der Waals surface area contributed by atoms with Gasteiger partial charge in [0.25, 0.3) is 0 Å². The van der Waals surface area contributed by atoms with Crippen LogP contribution in [0.3, 0.4) is 0 Å². The number of halogens is 7. The number of fused-ring (bicyclic) bond motifs is 2. The number of piperidine rings is 1. The number of aliphatic hydroxyl groups excluding tert-OH is 1. The standard InChI is InChI=1S/C25H25F6N5O2.ClH/c1-36-34-22(33-35-36)18-12-23(15-5-3-2-4-6-15)21(8-7-19(18)32-23)38-20(13-37)14-9-16(24(26,27)28)11-17(10-14)25(29,30)31;/h2-6,9-11,18-21,32,37H,7-8,12-13H2,1H3;1H. The summed E-state index contributed by atoms with van der Waals surface area (Å²) in [5, 5.41) is 26.2. The fraction of sp³-hybridized carbons (Fsp3) is 0.480. The highest BCUT2D eigenvalue weighted by molar-refractivity contribution is 5.85. The van der Waals surface area contributed by atoms with Crippen LogP contribution in [0.4, 0.5) is 26.3 Å². The largest absolute Gasteiger partial charge is 0.416 e. The minimum Gasteiger partial charge on any atom is -0.393 e. The number of aliphatic hydroxyl groups is 1. The van der Waals surface area contributed by atoms with Crippen LogP contribution in [0.2, 0.25) is 0 Å². The maximum absolute atomic E-state index is 13.5. The van der Waals surface area contributed by atoms with Crippen molar-refractivity contribution < 1.29 is 36.2 Å². The first kappa shape index (κ1) is 29.2. The van der Waals surface area contributed by atoms with Crippen molar-refractivity contribution in [3.63, 3.8) is 0 Å². The van der Waals surface area contributed by atoms with Crippen LogP contribution in [0.25, 0.3) is 0 Å². The van der Waals surface area contributed by atoms with Crippen LogP contribution in [-0.4, -0.2) is 44.1 Å². The molecule has 3 aromatic rings. The Morgan fingerprint density at radius 2 is 1.69 bits per heavy atom. The molecule has 5 unspecified atom stereocenters. The van der Waals surface area contributed by atoms with E-state index in [1.165, 1.54) is 4.80 Å². The molecule has 2 bridgehead atoms. The molecule has 2 aromatic carbocycles. The number of aromatic nitrogens is 4. The van der Waals surface area contributed by atoms with Crippen LogP contribution in [-0.2, 0) is 29.7 Å². The molecule has 5 rings (SSSR count). The lowest BCUT2D eigenvalue weighted by Gasteiger charge is -2.43. The molecule has 0 radical (unpaired) electrons. The van der Waals surface area contributed by atoms with Gasteiger partial charge in [-0.2, -0.15) is 31.1 Å². The summed E-state index contributed by atoms with van der Waals surface area (Å²) in [4.78, 5) is 1.36. The molecule has 0 spiro atoms. The van der Waals surface area contributed by atoms with Gasteiger partial charge in [0.15, 0.2) is 5.82 Å². The van der Waals surface area contributed by atoms with Gasteiger partial charge < -0.3 is 15.2 Å². The van der Waals surface area contributed by atoms with Gasteiger partial charge in [-0.1, -0.05) is 30.3 Å². The van der Waals surface area contributed by atoms with Crippen molar-refractivity contribution in [2.45, 2.75) is 61.3 Å². The number of hydrogen-bond acceptors (Lipinski definition) is 6. The lowest BCUT2D eigenvalue weighted by molar-refractivity contribution is -0.143. The van der Waals surface area contributed by atoms with E-state index >= 15 is 0 Å². The van der Waals surface area contributed by atoms with E-state index in [-0.39, 0.29) is 30.4 Å². The van der Waals surface area contributed by atoms with Gasteiger partial charge in [-0.25, -0.2) is 0 Å². The first-order chi connectivity index (χ1) is 17.9. The van der Waals surface area contributed by atoms with Gasteiger partial charge in [-0.15, -0.1) is 22.6 Å². The van der Waals surface area contributed by atoms with Crippen LogP contribution in [0.1, 0.15) is 59.4 Å². The topological polar surface area (TPSA) is 85.1 Å². The molecule has 0 saturated carbocycles. The molecule has 0 aliphatic carbocycles. The highest BCUT2D eigenvalue weighted by Crippen LogP contribution is 2.51. The zero-order valence-electron chi connectivity index (χ0n) is 20.6. The highest BCUT2D eigenvalue weighted by Gasteiger charge is 2.56. The SMILES string of the molecule is Cl.Cn1nnc(C2CC3(c4ccccc4)NC2CCC3OC(CO)c2cc(C(F)(F)F)cc(C(F)(F)F)c2)n1. The quantitative estimate of drug-likeness (QED) is 0.405. The molecule has 1 aromatic heterocycles. The van der Waals surface area contributed by atoms with Crippen molar-refractivity contribution in [1.29, 1.82) is 0 Å². The smallest absolute Gasteiger partial charge is 0.393 e. The van der Waals surface area contributed by atoms with E-state index in [9.17, 15) is 31.4 Å². The molecule has 14 heteroatoms. The number of alkyl halides is 6. The molecule has 2 aliphatic rings. The van der Waals surface area contributed by atoms with Crippen molar-refractivity contribution in [1.82, 2.24) is 25.5 Å². The third kappa shape index (κ3) is 5.63. The van der Waals surface area contributed by atoms with Gasteiger partial charge in [0.1, 0.15) is 6.10 Å². The van der Waals surface area contributed by atoms with E-state index in [1.54, 1.807) is 7.05 Å². The molecule has 5 atom stereocenters. The van der Waals surface area contributed by atoms with Crippen molar-refractivity contribution in [2.75, 3.05) is 6.61 Å². The van der Waals surface area contributed by atoms with E-state index in [4.69, 9.17) is 4.74 Å². The summed E-state index contributed by atoms with van der Waals surface area (Å²) in [6.07, 6.45) is -10.6. The number of rotatable bonds is 6. The van der Waals surface area contributed by atoms with Crippen LogP contribution in [0.5, 0.6) is 0 Å². The zero-order chi connectivity index (χ0) is 27.3. The fourth-order valence-corrected chi connectivity index (χ4v) is 5.67. The molecule has 2 saturated heterocycles. The molecule has 39 heavy (non-hydrogen) atoms. The maximum atomic E-state index is 13.5. The fourth-order valence-electron chi connectivity index (χ4n) is 5.67. The second kappa shape index (κ2) is 10.7. The summed E-state index contributed by atoms with van der Waals surface area (Å²) < 4.78 is 87.1. The molecule has 212 valence electrons. The lowest BCUT2D eigenvalue weighted by Crippen LogP contribution is -2.55. The first-order valence-electron chi connectivity index (χ1n) is 12.0. The number of aryl methyl sites for hydroxylation is 1. The van der Waals surface area contributed by atoms with Gasteiger partial charge in [-0.05, 0) is 53.8 Å². The Labute approximate surface area is 226 Å². The van der Waals surface area contributed by atoms with Crippen molar-refractivity contribution in [3.8, 4) is 0 Å². The Kier molecular flexibility index (Phi) is 8.01. The van der Waals surface area contributed by atoms with E-state index in [0.717, 1.165) is 5.56 Å². The van der Waals surface area contributed by atoms with E-state index < -0.39 is 53.4 Å². The van der Waals surface area contributed by atoms with Gasteiger partial charge in [0.05, 0.1) is 36.4 Å². The number of hydrogen-bond donors (Lipinski definition) is 2. The van der Waals surface area contributed by atoms with E-state index in [2.05, 4.69) is 20.7 Å². The molecule has 2 N–H and O–H groups in total. The number of ether oxygens (including phenoxy) is 1. The van der Waals surface area contributed by atoms with Gasteiger partial charge >= 0.3 is 12.4 Å².